The Kier molecular flexibility index (Phi) is 4.33. The Balaban J connectivity index is 2.71. The van der Waals surface area contributed by atoms with Crippen molar-refractivity contribution in [2.45, 2.75) is 66.5 Å². The molecule has 4 nitrogen and oxygen atoms in total. The molecule has 1 aliphatic rings. The van der Waals surface area contributed by atoms with Crippen LogP contribution in [0.3, 0.4) is 0 Å². The van der Waals surface area contributed by atoms with Crippen LogP contribution in [0.15, 0.2) is 0 Å². The second-order valence-corrected chi connectivity index (χ2v) is 7.52. The number of hydrogen-bond acceptors (Lipinski definition) is 3. The minimum atomic E-state index is -0.516. The maximum absolute atomic E-state index is 12.1. The van der Waals surface area contributed by atoms with Crippen LogP contribution < -0.4 is 0 Å². The van der Waals surface area contributed by atoms with Gasteiger partial charge in [0.1, 0.15) is 11.6 Å². The first-order chi connectivity index (χ1) is 8.42. The zero-order valence-electron chi connectivity index (χ0n) is 13.2. The van der Waals surface area contributed by atoms with Gasteiger partial charge in [0.15, 0.2) is 0 Å². The molecule has 0 bridgehead atoms. The molecule has 2 unspecified atom stereocenters. The Bertz CT molecular complexity index is 363. The van der Waals surface area contributed by atoms with Crippen LogP contribution >= 0.6 is 0 Å². The van der Waals surface area contributed by atoms with Gasteiger partial charge in [-0.1, -0.05) is 20.8 Å². The molecule has 1 rings (SSSR count). The van der Waals surface area contributed by atoms with Gasteiger partial charge in [-0.25, -0.2) is 4.79 Å². The first-order valence-electron chi connectivity index (χ1n) is 6.94. The molecule has 0 aromatic heterocycles. The van der Waals surface area contributed by atoms with Crippen LogP contribution in [0, 0.1) is 11.3 Å². The smallest absolute Gasteiger partial charge is 0.329 e. The van der Waals surface area contributed by atoms with Gasteiger partial charge in [0, 0.05) is 13.0 Å². The van der Waals surface area contributed by atoms with Crippen molar-refractivity contribution in [3.8, 4) is 0 Å². The van der Waals surface area contributed by atoms with Crippen molar-refractivity contribution in [2.75, 3.05) is 6.54 Å². The number of hydrogen-bond donors (Lipinski definition) is 0. The number of rotatable bonds is 2. The Morgan fingerprint density at radius 3 is 2.16 bits per heavy atom. The van der Waals surface area contributed by atoms with Crippen molar-refractivity contribution in [1.29, 1.82) is 0 Å². The van der Waals surface area contributed by atoms with E-state index >= 15 is 0 Å². The fraction of sp³-hybridized carbons (Fsp3) is 0.867. The topological polar surface area (TPSA) is 46.6 Å². The van der Waals surface area contributed by atoms with E-state index in [2.05, 4.69) is 20.8 Å². The van der Waals surface area contributed by atoms with E-state index in [9.17, 15) is 9.59 Å². The molecule has 0 aliphatic carbocycles. The van der Waals surface area contributed by atoms with Gasteiger partial charge in [-0.3, -0.25) is 4.79 Å². The van der Waals surface area contributed by atoms with Crippen molar-refractivity contribution >= 4 is 11.9 Å². The van der Waals surface area contributed by atoms with Gasteiger partial charge in [0.2, 0.25) is 5.91 Å². The molecule has 0 aromatic rings. The summed E-state index contributed by atoms with van der Waals surface area (Å²) in [6, 6.07) is -0.501. The summed E-state index contributed by atoms with van der Waals surface area (Å²) in [7, 11) is 0. The predicted molar refractivity (Wildman–Crippen MR) is 74.6 cm³/mol. The highest BCUT2D eigenvalue weighted by atomic mass is 16.6. The van der Waals surface area contributed by atoms with E-state index in [0.29, 0.717) is 18.9 Å². The molecule has 2 atom stereocenters. The van der Waals surface area contributed by atoms with Gasteiger partial charge in [-0.05, 0) is 39.0 Å². The van der Waals surface area contributed by atoms with Gasteiger partial charge in [-0.15, -0.1) is 0 Å². The maximum Gasteiger partial charge on any atom is 0.329 e. The number of ether oxygens (including phenoxy) is 1. The lowest BCUT2D eigenvalue weighted by Crippen LogP contribution is -2.43. The Hall–Kier alpha value is -1.06. The lowest BCUT2D eigenvalue weighted by atomic mass is 9.80. The van der Waals surface area contributed by atoms with E-state index in [1.165, 1.54) is 0 Å². The molecule has 110 valence electrons. The molecule has 0 radical (unpaired) electrons. The van der Waals surface area contributed by atoms with Gasteiger partial charge < -0.3 is 9.64 Å². The second-order valence-electron chi connectivity index (χ2n) is 7.52. The monoisotopic (exact) mass is 269 g/mol. The number of carbonyl (C=O) groups excluding carboxylic acids is 2. The van der Waals surface area contributed by atoms with Crippen LogP contribution in [-0.2, 0) is 14.3 Å². The molecule has 0 N–H and O–H groups in total. The summed E-state index contributed by atoms with van der Waals surface area (Å²) in [5.74, 6) is 0.0265. The highest BCUT2D eigenvalue weighted by Crippen LogP contribution is 2.35. The molecule has 0 aromatic carbocycles. The molecule has 0 spiro atoms. The van der Waals surface area contributed by atoms with E-state index < -0.39 is 11.6 Å². The van der Waals surface area contributed by atoms with E-state index in [4.69, 9.17) is 4.74 Å². The highest BCUT2D eigenvalue weighted by molar-refractivity contribution is 5.86. The molecular weight excluding hydrogens is 242 g/mol. The molecule has 0 saturated carbocycles. The van der Waals surface area contributed by atoms with Crippen LogP contribution in [0.5, 0.6) is 0 Å². The van der Waals surface area contributed by atoms with E-state index in [1.54, 1.807) is 11.8 Å². The molecule has 1 saturated heterocycles. The fourth-order valence-electron chi connectivity index (χ4n) is 2.20. The molecular formula is C15H27NO3. The first-order valence-corrected chi connectivity index (χ1v) is 6.94. The molecule has 1 heterocycles. The van der Waals surface area contributed by atoms with Crippen LogP contribution in [0.2, 0.25) is 0 Å². The summed E-state index contributed by atoms with van der Waals surface area (Å²) in [5, 5.41) is 0. The van der Waals surface area contributed by atoms with Gasteiger partial charge in [0.25, 0.3) is 0 Å². The second kappa shape index (κ2) is 5.14. The van der Waals surface area contributed by atoms with E-state index in [-0.39, 0.29) is 17.3 Å². The van der Waals surface area contributed by atoms with Crippen molar-refractivity contribution in [3.05, 3.63) is 0 Å². The minimum Gasteiger partial charge on any atom is -0.458 e. The number of esters is 1. The lowest BCUT2D eigenvalue weighted by molar-refractivity contribution is -0.163. The van der Waals surface area contributed by atoms with E-state index in [0.717, 1.165) is 0 Å². The molecule has 1 aliphatic heterocycles. The molecule has 1 fully saturated rings. The Morgan fingerprint density at radius 2 is 1.79 bits per heavy atom. The fourth-order valence-corrected chi connectivity index (χ4v) is 2.20. The zero-order chi connectivity index (χ0) is 15.0. The Labute approximate surface area is 116 Å². The largest absolute Gasteiger partial charge is 0.458 e. The number of amides is 1. The summed E-state index contributed by atoms with van der Waals surface area (Å²) < 4.78 is 5.35. The van der Waals surface area contributed by atoms with Crippen molar-refractivity contribution in [2.24, 2.45) is 11.3 Å². The van der Waals surface area contributed by atoms with Crippen LogP contribution in [-0.4, -0.2) is 35.0 Å². The summed E-state index contributed by atoms with van der Waals surface area (Å²) in [6.45, 7) is 14.3. The summed E-state index contributed by atoms with van der Waals surface area (Å²) in [4.78, 5) is 25.7. The third kappa shape index (κ3) is 4.22. The van der Waals surface area contributed by atoms with Crippen molar-refractivity contribution in [3.63, 3.8) is 0 Å². The third-order valence-electron chi connectivity index (χ3n) is 3.60. The van der Waals surface area contributed by atoms with Crippen LogP contribution in [0.4, 0.5) is 0 Å². The molecule has 4 heteroatoms. The SMILES string of the molecule is CC(C(=O)OC(C)(C)C)N1CC(C(C)(C)C)CC1=O. The predicted octanol–water partition coefficient (Wildman–Crippen LogP) is 2.61. The van der Waals surface area contributed by atoms with Gasteiger partial charge in [-0.2, -0.15) is 0 Å². The Morgan fingerprint density at radius 1 is 1.26 bits per heavy atom. The minimum absolute atomic E-state index is 0.0540. The van der Waals surface area contributed by atoms with E-state index in [1.807, 2.05) is 20.8 Å². The summed E-state index contributed by atoms with van der Waals surface area (Å²) >= 11 is 0. The first kappa shape index (κ1) is 16.0. The number of carbonyl (C=O) groups is 2. The standard InChI is InChI=1S/C15H27NO3/c1-10(13(18)19-15(5,6)7)16-9-11(8-12(16)17)14(2,3)4/h10-11H,8-9H2,1-7H3. The highest BCUT2D eigenvalue weighted by Gasteiger charge is 2.41. The average molecular weight is 269 g/mol. The third-order valence-corrected chi connectivity index (χ3v) is 3.60. The normalized spacial score (nSPS) is 22.6. The summed E-state index contributed by atoms with van der Waals surface area (Å²) in [6.07, 6.45) is 0.524. The van der Waals surface area contributed by atoms with Crippen LogP contribution in [0.1, 0.15) is 54.9 Å². The summed E-state index contributed by atoms with van der Waals surface area (Å²) in [5.41, 5.74) is -0.435. The van der Waals surface area contributed by atoms with Crippen molar-refractivity contribution < 1.29 is 14.3 Å². The average Bonchev–Trinajstić information content (AvgIpc) is 2.56. The quantitative estimate of drug-likeness (QED) is 0.724. The molecule has 19 heavy (non-hydrogen) atoms. The molecule has 1 amide bonds. The zero-order valence-corrected chi connectivity index (χ0v) is 13.2. The van der Waals surface area contributed by atoms with Gasteiger partial charge in [0.05, 0.1) is 0 Å². The van der Waals surface area contributed by atoms with Crippen molar-refractivity contribution in [1.82, 2.24) is 4.90 Å². The number of nitrogens with zero attached hydrogens (tertiary/aromatic N) is 1. The lowest BCUT2D eigenvalue weighted by Gasteiger charge is -2.30. The number of likely N-dealkylation sites (tertiary alicyclic amines) is 1. The van der Waals surface area contributed by atoms with Crippen LogP contribution in [0.25, 0.3) is 0 Å². The van der Waals surface area contributed by atoms with Gasteiger partial charge >= 0.3 is 5.97 Å². The maximum atomic E-state index is 12.1.